The highest BCUT2D eigenvalue weighted by atomic mass is 32.2. The molecule has 0 fully saturated rings. The van der Waals surface area contributed by atoms with Crippen molar-refractivity contribution in [1.82, 2.24) is 0 Å². The van der Waals surface area contributed by atoms with Gasteiger partial charge in [0.1, 0.15) is 18.2 Å². The maximum Gasteiger partial charge on any atom is 0.162 e. The molecule has 2 aromatic carbocycles. The molecule has 108 valence electrons. The first-order chi connectivity index (χ1) is 10.1. The Balaban J connectivity index is 1.62. The number of ether oxygens (including phenoxy) is 1. The molecule has 1 aliphatic rings. The number of fused-ring (bicyclic) bond motifs is 1. The molecule has 1 atom stereocenters. The molecule has 1 heterocycles. The third-order valence-electron chi connectivity index (χ3n) is 3.47. The number of thioether (sulfide) groups is 1. The van der Waals surface area contributed by atoms with Crippen molar-refractivity contribution in [2.24, 2.45) is 0 Å². The minimum atomic E-state index is -0.526. The van der Waals surface area contributed by atoms with Crippen molar-refractivity contribution in [2.45, 2.75) is 23.5 Å². The molecular weight excluding hydrogens is 287 g/mol. The van der Waals surface area contributed by atoms with E-state index in [0.29, 0.717) is 17.6 Å². The van der Waals surface area contributed by atoms with Crippen LogP contribution in [0.25, 0.3) is 0 Å². The Hall–Kier alpha value is -1.81. The molecule has 1 aliphatic heterocycles. The Morgan fingerprint density at radius 3 is 2.86 bits per heavy atom. The highest BCUT2D eigenvalue weighted by molar-refractivity contribution is 8.00. The van der Waals surface area contributed by atoms with Crippen molar-refractivity contribution < 1.29 is 13.9 Å². The first-order valence-corrected chi connectivity index (χ1v) is 7.69. The normalized spacial score (nSPS) is 16.6. The first kappa shape index (κ1) is 14.1. The minimum absolute atomic E-state index is 0.102. The van der Waals surface area contributed by atoms with Gasteiger partial charge in [0.05, 0.1) is 5.56 Å². The molecule has 0 bridgehead atoms. The molecule has 0 saturated carbocycles. The molecular formula is C17H15FO2S. The number of hydrogen-bond donors (Lipinski definition) is 0. The van der Waals surface area contributed by atoms with Gasteiger partial charge in [-0.1, -0.05) is 18.2 Å². The zero-order valence-corrected chi connectivity index (χ0v) is 12.5. The number of rotatable bonds is 4. The smallest absolute Gasteiger partial charge is 0.162 e. The zero-order chi connectivity index (χ0) is 14.8. The molecule has 0 radical (unpaired) electrons. The molecule has 4 heteroatoms. The number of benzene rings is 2. The third-order valence-corrected chi connectivity index (χ3v) is 4.76. The lowest BCUT2D eigenvalue weighted by Crippen LogP contribution is -2.13. The van der Waals surface area contributed by atoms with Crippen LogP contribution >= 0.6 is 11.8 Å². The number of Topliss-reactive ketones (excluding diaryl/α,β-unsaturated/α-hetero) is 1. The Bertz CT molecular complexity index is 659. The fourth-order valence-electron chi connectivity index (χ4n) is 2.41. The summed E-state index contributed by atoms with van der Waals surface area (Å²) >= 11 is 1.79. The van der Waals surface area contributed by atoms with E-state index in [-0.39, 0.29) is 11.3 Å². The lowest BCUT2D eigenvalue weighted by Gasteiger charge is -2.11. The predicted molar refractivity (Wildman–Crippen MR) is 81.7 cm³/mol. The zero-order valence-electron chi connectivity index (χ0n) is 11.6. The maximum absolute atomic E-state index is 13.7. The largest absolute Gasteiger partial charge is 0.492 e. The van der Waals surface area contributed by atoms with Gasteiger partial charge in [0.2, 0.25) is 0 Å². The highest BCUT2D eigenvalue weighted by Gasteiger charge is 2.22. The summed E-state index contributed by atoms with van der Waals surface area (Å²) < 4.78 is 19.4. The number of halogens is 1. The van der Waals surface area contributed by atoms with Gasteiger partial charge in [-0.2, -0.15) is 0 Å². The van der Waals surface area contributed by atoms with Crippen LogP contribution in [0, 0.1) is 5.82 Å². The van der Waals surface area contributed by atoms with E-state index in [2.05, 4.69) is 12.1 Å². The van der Waals surface area contributed by atoms with Crippen molar-refractivity contribution in [3.05, 3.63) is 59.4 Å². The predicted octanol–water partition coefficient (Wildman–Crippen LogP) is 4.12. The van der Waals surface area contributed by atoms with Gasteiger partial charge in [0, 0.05) is 16.2 Å². The van der Waals surface area contributed by atoms with Crippen LogP contribution in [0.15, 0.2) is 47.4 Å². The van der Waals surface area contributed by atoms with E-state index in [4.69, 9.17) is 4.74 Å². The standard InChI is InChI=1S/C17H15FO2S/c1-11(19)15-7-6-13(9-16(15)18)20-10-14-8-12-4-2-3-5-17(12)21-14/h2-7,9,14H,8,10H2,1H3. The van der Waals surface area contributed by atoms with Gasteiger partial charge < -0.3 is 4.74 Å². The van der Waals surface area contributed by atoms with Crippen LogP contribution < -0.4 is 4.74 Å². The lowest BCUT2D eigenvalue weighted by atomic mass is 10.1. The second kappa shape index (κ2) is 5.90. The van der Waals surface area contributed by atoms with Crippen LogP contribution in [0.2, 0.25) is 0 Å². The van der Waals surface area contributed by atoms with Crippen molar-refractivity contribution in [3.8, 4) is 5.75 Å². The van der Waals surface area contributed by atoms with E-state index >= 15 is 0 Å². The summed E-state index contributed by atoms with van der Waals surface area (Å²) in [5.41, 5.74) is 1.44. The second-order valence-electron chi connectivity index (χ2n) is 5.06. The van der Waals surface area contributed by atoms with Crippen molar-refractivity contribution in [1.29, 1.82) is 0 Å². The summed E-state index contributed by atoms with van der Waals surface area (Å²) in [7, 11) is 0. The second-order valence-corrected chi connectivity index (χ2v) is 6.40. The van der Waals surface area contributed by atoms with Crippen molar-refractivity contribution in [2.75, 3.05) is 6.61 Å². The summed E-state index contributed by atoms with van der Waals surface area (Å²) in [5, 5.41) is 0.345. The molecule has 0 aromatic heterocycles. The van der Waals surface area contributed by atoms with Gasteiger partial charge >= 0.3 is 0 Å². The summed E-state index contributed by atoms with van der Waals surface area (Å²) in [4.78, 5) is 12.5. The summed E-state index contributed by atoms with van der Waals surface area (Å²) in [6.45, 7) is 1.88. The Morgan fingerprint density at radius 1 is 1.33 bits per heavy atom. The van der Waals surface area contributed by atoms with E-state index in [1.165, 1.54) is 29.5 Å². The van der Waals surface area contributed by atoms with Gasteiger partial charge in [-0.25, -0.2) is 4.39 Å². The average Bonchev–Trinajstić information content (AvgIpc) is 2.87. The van der Waals surface area contributed by atoms with Crippen LogP contribution in [0.4, 0.5) is 4.39 Å². The highest BCUT2D eigenvalue weighted by Crippen LogP contribution is 2.36. The van der Waals surface area contributed by atoms with Crippen LogP contribution in [0.5, 0.6) is 5.75 Å². The monoisotopic (exact) mass is 302 g/mol. The van der Waals surface area contributed by atoms with Gasteiger partial charge in [-0.3, -0.25) is 4.79 Å². The van der Waals surface area contributed by atoms with Crippen LogP contribution in [0.3, 0.4) is 0 Å². The van der Waals surface area contributed by atoms with E-state index in [1.807, 2.05) is 12.1 Å². The lowest BCUT2D eigenvalue weighted by molar-refractivity contribution is 0.101. The maximum atomic E-state index is 13.7. The van der Waals surface area contributed by atoms with Crippen molar-refractivity contribution >= 4 is 17.5 Å². The quantitative estimate of drug-likeness (QED) is 0.795. The molecule has 0 aliphatic carbocycles. The number of hydrogen-bond acceptors (Lipinski definition) is 3. The SMILES string of the molecule is CC(=O)c1ccc(OCC2Cc3ccccc3S2)cc1F. The van der Waals surface area contributed by atoms with E-state index in [1.54, 1.807) is 17.8 Å². The molecule has 0 spiro atoms. The number of ketones is 1. The summed E-state index contributed by atoms with van der Waals surface area (Å²) in [5.74, 6) is -0.336. The Labute approximate surface area is 127 Å². The molecule has 2 nitrogen and oxygen atoms in total. The molecule has 0 amide bonds. The molecule has 21 heavy (non-hydrogen) atoms. The number of carbonyl (C=O) groups is 1. The molecule has 1 unspecified atom stereocenters. The fraction of sp³-hybridized carbons (Fsp3) is 0.235. The minimum Gasteiger partial charge on any atom is -0.492 e. The first-order valence-electron chi connectivity index (χ1n) is 6.81. The molecule has 2 aromatic rings. The average molecular weight is 302 g/mol. The topological polar surface area (TPSA) is 26.3 Å². The van der Waals surface area contributed by atoms with Gasteiger partial charge in [0.15, 0.2) is 5.78 Å². The van der Waals surface area contributed by atoms with Gasteiger partial charge in [-0.05, 0) is 37.1 Å². The van der Waals surface area contributed by atoms with Crippen LogP contribution in [-0.2, 0) is 6.42 Å². The number of carbonyl (C=O) groups excluding carboxylic acids is 1. The van der Waals surface area contributed by atoms with Gasteiger partial charge in [-0.15, -0.1) is 11.8 Å². The molecule has 0 N–H and O–H groups in total. The van der Waals surface area contributed by atoms with E-state index < -0.39 is 5.82 Å². The van der Waals surface area contributed by atoms with E-state index in [9.17, 15) is 9.18 Å². The van der Waals surface area contributed by atoms with Gasteiger partial charge in [0.25, 0.3) is 0 Å². The Morgan fingerprint density at radius 2 is 2.14 bits per heavy atom. The van der Waals surface area contributed by atoms with Crippen molar-refractivity contribution in [3.63, 3.8) is 0 Å². The Kier molecular flexibility index (Phi) is 3.97. The fourth-order valence-corrected chi connectivity index (χ4v) is 3.63. The molecule has 0 saturated heterocycles. The third kappa shape index (κ3) is 3.10. The summed E-state index contributed by atoms with van der Waals surface area (Å²) in [6, 6.07) is 12.7. The summed E-state index contributed by atoms with van der Waals surface area (Å²) in [6.07, 6.45) is 0.967. The van der Waals surface area contributed by atoms with E-state index in [0.717, 1.165) is 6.42 Å². The van der Waals surface area contributed by atoms with Crippen LogP contribution in [-0.4, -0.2) is 17.6 Å². The van der Waals surface area contributed by atoms with Crippen LogP contribution in [0.1, 0.15) is 22.8 Å². The molecule has 3 rings (SSSR count).